The fourth-order valence-corrected chi connectivity index (χ4v) is 2.38. The first-order valence-electron chi connectivity index (χ1n) is 5.55. The molecule has 19 heavy (non-hydrogen) atoms. The topological polar surface area (TPSA) is 29.1 Å². The summed E-state index contributed by atoms with van der Waals surface area (Å²) in [5, 5.41) is 2.69. The van der Waals surface area contributed by atoms with Crippen LogP contribution in [0, 0.1) is 5.82 Å². The van der Waals surface area contributed by atoms with E-state index in [2.05, 4.69) is 37.2 Å². The van der Waals surface area contributed by atoms with Crippen LogP contribution in [0.1, 0.15) is 15.9 Å². The molecule has 5 heteroatoms. The molecule has 0 spiro atoms. The Morgan fingerprint density at radius 3 is 2.47 bits per heavy atom. The number of rotatable bonds is 3. The van der Waals surface area contributed by atoms with Crippen molar-refractivity contribution in [3.63, 3.8) is 0 Å². The predicted molar refractivity (Wildman–Crippen MR) is 79.4 cm³/mol. The van der Waals surface area contributed by atoms with E-state index >= 15 is 0 Å². The Kier molecular flexibility index (Phi) is 4.71. The standard InChI is InChI=1S/C14H10Br2FNO/c15-11-6-2-1-4-9(11)8-18-14(19)10-5-3-7-12(16)13(10)17/h1-7H,8H2,(H,18,19). The number of nitrogens with one attached hydrogen (secondary N) is 1. The summed E-state index contributed by atoms with van der Waals surface area (Å²) >= 11 is 6.46. The highest BCUT2D eigenvalue weighted by Crippen LogP contribution is 2.19. The van der Waals surface area contributed by atoms with Crippen LogP contribution in [-0.2, 0) is 6.54 Å². The second-order valence-corrected chi connectivity index (χ2v) is 5.58. The van der Waals surface area contributed by atoms with Crippen LogP contribution in [0.3, 0.4) is 0 Å². The Morgan fingerprint density at radius 2 is 1.74 bits per heavy atom. The Hall–Kier alpha value is -1.20. The third-order valence-electron chi connectivity index (χ3n) is 2.59. The van der Waals surface area contributed by atoms with Gasteiger partial charge in [-0.05, 0) is 39.7 Å². The smallest absolute Gasteiger partial charge is 0.254 e. The van der Waals surface area contributed by atoms with Crippen LogP contribution in [0.4, 0.5) is 4.39 Å². The van der Waals surface area contributed by atoms with Gasteiger partial charge in [-0.3, -0.25) is 4.79 Å². The number of benzene rings is 2. The normalized spacial score (nSPS) is 10.3. The van der Waals surface area contributed by atoms with Crippen molar-refractivity contribution >= 4 is 37.8 Å². The van der Waals surface area contributed by atoms with Crippen LogP contribution in [0.15, 0.2) is 51.4 Å². The SMILES string of the molecule is O=C(NCc1ccccc1Br)c1cccc(Br)c1F. The van der Waals surface area contributed by atoms with Crippen molar-refractivity contribution in [1.29, 1.82) is 0 Å². The minimum absolute atomic E-state index is 0.0291. The van der Waals surface area contributed by atoms with Gasteiger partial charge in [0.05, 0.1) is 10.0 Å². The third kappa shape index (κ3) is 3.42. The summed E-state index contributed by atoms with van der Waals surface area (Å²) in [6.07, 6.45) is 0. The summed E-state index contributed by atoms with van der Waals surface area (Å²) in [4.78, 5) is 11.9. The van der Waals surface area contributed by atoms with E-state index in [0.717, 1.165) is 10.0 Å². The van der Waals surface area contributed by atoms with Gasteiger partial charge < -0.3 is 5.32 Å². The molecule has 0 unspecified atom stereocenters. The Morgan fingerprint density at radius 1 is 1.05 bits per heavy atom. The molecule has 0 aliphatic carbocycles. The highest BCUT2D eigenvalue weighted by atomic mass is 79.9. The maximum absolute atomic E-state index is 13.7. The molecule has 1 N–H and O–H groups in total. The lowest BCUT2D eigenvalue weighted by atomic mass is 10.2. The highest BCUT2D eigenvalue weighted by molar-refractivity contribution is 9.10. The Balaban J connectivity index is 2.10. The lowest BCUT2D eigenvalue weighted by Gasteiger charge is -2.08. The Bertz CT molecular complexity index is 616. The van der Waals surface area contributed by atoms with Crippen LogP contribution in [0.5, 0.6) is 0 Å². The van der Waals surface area contributed by atoms with Crippen molar-refractivity contribution < 1.29 is 9.18 Å². The zero-order valence-electron chi connectivity index (χ0n) is 9.79. The molecule has 2 nitrogen and oxygen atoms in total. The molecule has 0 bridgehead atoms. The van der Waals surface area contributed by atoms with Gasteiger partial charge in [0.2, 0.25) is 0 Å². The van der Waals surface area contributed by atoms with Gasteiger partial charge in [0, 0.05) is 11.0 Å². The number of hydrogen-bond donors (Lipinski definition) is 1. The average molecular weight is 387 g/mol. The van der Waals surface area contributed by atoms with E-state index in [9.17, 15) is 9.18 Å². The molecule has 2 rings (SSSR count). The first-order chi connectivity index (χ1) is 9.09. The van der Waals surface area contributed by atoms with Crippen LogP contribution in [-0.4, -0.2) is 5.91 Å². The number of carbonyl (C=O) groups is 1. The van der Waals surface area contributed by atoms with E-state index in [-0.39, 0.29) is 10.0 Å². The van der Waals surface area contributed by atoms with Crippen molar-refractivity contribution in [2.45, 2.75) is 6.54 Å². The Labute approximate surface area is 127 Å². The fourth-order valence-electron chi connectivity index (χ4n) is 1.59. The molecular formula is C14H10Br2FNO. The fraction of sp³-hybridized carbons (Fsp3) is 0.0714. The van der Waals surface area contributed by atoms with Gasteiger partial charge in [-0.25, -0.2) is 4.39 Å². The summed E-state index contributed by atoms with van der Waals surface area (Å²) in [6.45, 7) is 0.339. The van der Waals surface area contributed by atoms with E-state index in [0.29, 0.717) is 6.54 Å². The second-order valence-electron chi connectivity index (χ2n) is 3.88. The van der Waals surface area contributed by atoms with Crippen molar-refractivity contribution in [1.82, 2.24) is 5.32 Å². The molecular weight excluding hydrogens is 377 g/mol. The zero-order chi connectivity index (χ0) is 13.8. The molecule has 98 valence electrons. The molecule has 0 fully saturated rings. The number of carbonyl (C=O) groups excluding carboxylic acids is 1. The van der Waals surface area contributed by atoms with Crippen molar-refractivity contribution in [3.8, 4) is 0 Å². The number of amides is 1. The molecule has 0 aliphatic rings. The monoisotopic (exact) mass is 385 g/mol. The molecule has 0 heterocycles. The van der Waals surface area contributed by atoms with E-state index in [1.807, 2.05) is 24.3 Å². The minimum atomic E-state index is -0.549. The van der Waals surface area contributed by atoms with Crippen molar-refractivity contribution in [2.24, 2.45) is 0 Å². The van der Waals surface area contributed by atoms with Crippen LogP contribution in [0.25, 0.3) is 0 Å². The molecule has 1 amide bonds. The van der Waals surface area contributed by atoms with Crippen LogP contribution < -0.4 is 5.32 Å². The molecule has 2 aromatic rings. The predicted octanol–water partition coefficient (Wildman–Crippen LogP) is 4.28. The molecule has 0 aromatic heterocycles. The van der Waals surface area contributed by atoms with Gasteiger partial charge in [-0.2, -0.15) is 0 Å². The third-order valence-corrected chi connectivity index (χ3v) is 3.98. The molecule has 0 saturated carbocycles. The molecule has 0 atom stereocenters. The lowest BCUT2D eigenvalue weighted by molar-refractivity contribution is 0.0946. The van der Waals surface area contributed by atoms with E-state index in [4.69, 9.17) is 0 Å². The number of hydrogen-bond acceptors (Lipinski definition) is 1. The van der Waals surface area contributed by atoms with Gasteiger partial charge in [0.25, 0.3) is 5.91 Å². The minimum Gasteiger partial charge on any atom is -0.348 e. The van der Waals surface area contributed by atoms with Crippen molar-refractivity contribution in [3.05, 3.63) is 68.4 Å². The van der Waals surface area contributed by atoms with Gasteiger partial charge in [-0.15, -0.1) is 0 Å². The maximum atomic E-state index is 13.7. The van der Waals surface area contributed by atoms with Crippen LogP contribution >= 0.6 is 31.9 Å². The summed E-state index contributed by atoms with van der Waals surface area (Å²) in [7, 11) is 0. The van der Waals surface area contributed by atoms with E-state index in [1.54, 1.807) is 12.1 Å². The maximum Gasteiger partial charge on any atom is 0.254 e. The first kappa shape index (κ1) is 14.2. The summed E-state index contributed by atoms with van der Waals surface area (Å²) in [5.74, 6) is -0.985. The van der Waals surface area contributed by atoms with E-state index < -0.39 is 11.7 Å². The average Bonchev–Trinajstić information content (AvgIpc) is 2.40. The van der Waals surface area contributed by atoms with E-state index in [1.165, 1.54) is 6.07 Å². The largest absolute Gasteiger partial charge is 0.348 e. The van der Waals surface area contributed by atoms with Crippen molar-refractivity contribution in [2.75, 3.05) is 0 Å². The molecule has 0 radical (unpaired) electrons. The second kappa shape index (κ2) is 6.30. The van der Waals surface area contributed by atoms with Gasteiger partial charge in [-0.1, -0.05) is 40.2 Å². The summed E-state index contributed by atoms with van der Waals surface area (Å²) in [6, 6.07) is 12.2. The van der Waals surface area contributed by atoms with Gasteiger partial charge in [0.1, 0.15) is 5.82 Å². The zero-order valence-corrected chi connectivity index (χ0v) is 13.0. The summed E-state index contributed by atoms with van der Waals surface area (Å²) in [5.41, 5.74) is 0.965. The molecule has 0 saturated heterocycles. The quantitative estimate of drug-likeness (QED) is 0.837. The van der Waals surface area contributed by atoms with Crippen LogP contribution in [0.2, 0.25) is 0 Å². The highest BCUT2D eigenvalue weighted by Gasteiger charge is 2.13. The number of halogens is 3. The summed E-state index contributed by atoms with van der Waals surface area (Å²) < 4.78 is 14.9. The molecule has 2 aromatic carbocycles. The first-order valence-corrected chi connectivity index (χ1v) is 7.14. The lowest BCUT2D eigenvalue weighted by Crippen LogP contribution is -2.24. The van der Waals surface area contributed by atoms with Gasteiger partial charge in [0.15, 0.2) is 0 Å². The van der Waals surface area contributed by atoms with Gasteiger partial charge >= 0.3 is 0 Å². The molecule has 0 aliphatic heterocycles.